The van der Waals surface area contributed by atoms with Crippen LogP contribution in [0.25, 0.3) is 11.4 Å². The average Bonchev–Trinajstić information content (AvgIpc) is 3.27. The Labute approximate surface area is 200 Å². The fourth-order valence-corrected chi connectivity index (χ4v) is 7.50. The van der Waals surface area contributed by atoms with E-state index in [1.165, 1.54) is 43.3 Å². The molecule has 8 nitrogen and oxygen atoms in total. The van der Waals surface area contributed by atoms with Crippen LogP contribution in [0.2, 0.25) is 0 Å². The quantitative estimate of drug-likeness (QED) is 0.677. The lowest BCUT2D eigenvalue weighted by Crippen LogP contribution is -2.51. The summed E-state index contributed by atoms with van der Waals surface area (Å²) < 4.78 is 0. The molecule has 5 aliphatic rings. The summed E-state index contributed by atoms with van der Waals surface area (Å²) in [6.45, 7) is 0.0469. The molecule has 7 rings (SSSR count). The van der Waals surface area contributed by atoms with Crippen LogP contribution in [-0.2, 0) is 16.1 Å². The molecule has 2 amide bonds. The van der Waals surface area contributed by atoms with E-state index in [1.807, 2.05) is 24.3 Å². The lowest BCUT2D eigenvalue weighted by atomic mass is 9.49. The Kier molecular flexibility index (Phi) is 5.62. The molecule has 0 spiro atoms. The van der Waals surface area contributed by atoms with Crippen molar-refractivity contribution < 1.29 is 9.59 Å². The predicted molar refractivity (Wildman–Crippen MR) is 128 cm³/mol. The first kappa shape index (κ1) is 21.7. The molecule has 0 atom stereocenters. The fourth-order valence-electron chi connectivity index (χ4n) is 7.50. The molecule has 1 aromatic heterocycles. The molecular formula is C26H34N6O2. The number of amides is 2. The van der Waals surface area contributed by atoms with Crippen molar-refractivity contribution in [1.29, 1.82) is 0 Å². The van der Waals surface area contributed by atoms with Gasteiger partial charge in [-0.1, -0.05) is 31.4 Å². The van der Waals surface area contributed by atoms with Gasteiger partial charge in [0, 0.05) is 11.6 Å². The van der Waals surface area contributed by atoms with Gasteiger partial charge in [-0.15, -0.1) is 10.2 Å². The highest BCUT2D eigenvalue weighted by Crippen LogP contribution is 2.60. The van der Waals surface area contributed by atoms with Gasteiger partial charge in [-0.05, 0) is 86.5 Å². The van der Waals surface area contributed by atoms with E-state index in [0.29, 0.717) is 23.6 Å². The lowest BCUT2D eigenvalue weighted by Gasteiger charge is -2.55. The number of anilines is 1. The van der Waals surface area contributed by atoms with Crippen LogP contribution in [0.3, 0.4) is 0 Å². The molecule has 1 aromatic carbocycles. The summed E-state index contributed by atoms with van der Waals surface area (Å²) in [5, 5.41) is 19.1. The van der Waals surface area contributed by atoms with Gasteiger partial charge in [-0.3, -0.25) is 9.59 Å². The molecule has 5 fully saturated rings. The Balaban J connectivity index is 1.15. The molecule has 34 heavy (non-hydrogen) atoms. The van der Waals surface area contributed by atoms with Crippen molar-refractivity contribution in [2.75, 3.05) is 5.32 Å². The Hall–Kier alpha value is -2.77. The monoisotopic (exact) mass is 462 g/mol. The minimum atomic E-state index is -0.218. The number of tetrazole rings is 1. The van der Waals surface area contributed by atoms with E-state index in [-0.39, 0.29) is 29.8 Å². The van der Waals surface area contributed by atoms with E-state index in [1.54, 1.807) is 0 Å². The lowest BCUT2D eigenvalue weighted by molar-refractivity contribution is -0.140. The number of nitrogens with zero attached hydrogens (tertiary/aromatic N) is 4. The Bertz CT molecular complexity index is 1040. The normalized spacial score (nSPS) is 30.3. The first-order valence-corrected chi connectivity index (χ1v) is 13.0. The maximum absolute atomic E-state index is 13.6. The summed E-state index contributed by atoms with van der Waals surface area (Å²) in [6, 6.07) is 7.89. The maximum Gasteiger partial charge on any atom is 0.243 e. The van der Waals surface area contributed by atoms with Crippen molar-refractivity contribution in [2.24, 2.45) is 23.2 Å². The standard InChI is InChI=1S/C26H34N6O2/c33-23(27-20-6-2-1-3-7-20)16-32-30-24(29-31-32)21-8-4-5-9-22(21)28-25(34)26-13-17-10-18(14-26)12-19(11-17)15-26/h4-5,8-9,17-20H,1-3,6-7,10-16H2,(H,27,33)(H,28,34). The van der Waals surface area contributed by atoms with E-state index in [4.69, 9.17) is 0 Å². The van der Waals surface area contributed by atoms with E-state index in [0.717, 1.165) is 43.4 Å². The van der Waals surface area contributed by atoms with Crippen molar-refractivity contribution in [3.05, 3.63) is 24.3 Å². The van der Waals surface area contributed by atoms with Gasteiger partial charge in [0.1, 0.15) is 6.54 Å². The van der Waals surface area contributed by atoms with E-state index in [9.17, 15) is 9.59 Å². The fraction of sp³-hybridized carbons (Fsp3) is 0.654. The second kappa shape index (κ2) is 8.78. The number of carbonyl (C=O) groups excluding carboxylic acids is 2. The highest BCUT2D eigenvalue weighted by molar-refractivity contribution is 5.98. The molecule has 2 N–H and O–H groups in total. The average molecular weight is 463 g/mol. The van der Waals surface area contributed by atoms with Gasteiger partial charge in [-0.2, -0.15) is 4.80 Å². The van der Waals surface area contributed by atoms with Crippen molar-refractivity contribution in [3.8, 4) is 11.4 Å². The Morgan fingerprint density at radius 1 is 0.971 bits per heavy atom. The zero-order valence-electron chi connectivity index (χ0n) is 19.7. The molecule has 5 saturated carbocycles. The largest absolute Gasteiger partial charge is 0.352 e. The molecule has 0 radical (unpaired) electrons. The number of para-hydroxylation sites is 1. The first-order chi connectivity index (χ1) is 16.6. The van der Waals surface area contributed by atoms with Crippen LogP contribution in [0.4, 0.5) is 5.69 Å². The summed E-state index contributed by atoms with van der Waals surface area (Å²) in [6.07, 6.45) is 12.7. The predicted octanol–water partition coefficient (Wildman–Crippen LogP) is 3.94. The van der Waals surface area contributed by atoms with Gasteiger partial charge in [0.2, 0.25) is 17.6 Å². The Morgan fingerprint density at radius 2 is 1.65 bits per heavy atom. The number of nitrogens with one attached hydrogen (secondary N) is 2. The molecular weight excluding hydrogens is 428 g/mol. The van der Waals surface area contributed by atoms with E-state index in [2.05, 4.69) is 26.0 Å². The van der Waals surface area contributed by atoms with Crippen LogP contribution < -0.4 is 10.6 Å². The smallest absolute Gasteiger partial charge is 0.243 e. The molecule has 180 valence electrons. The number of hydrogen-bond donors (Lipinski definition) is 2. The van der Waals surface area contributed by atoms with Gasteiger partial charge < -0.3 is 10.6 Å². The van der Waals surface area contributed by atoms with Crippen LogP contribution in [0.5, 0.6) is 0 Å². The molecule has 0 saturated heterocycles. The first-order valence-electron chi connectivity index (χ1n) is 13.0. The van der Waals surface area contributed by atoms with E-state index < -0.39 is 0 Å². The van der Waals surface area contributed by atoms with Gasteiger partial charge in [0.05, 0.1) is 11.1 Å². The highest BCUT2D eigenvalue weighted by Gasteiger charge is 2.54. The molecule has 5 aliphatic carbocycles. The van der Waals surface area contributed by atoms with Gasteiger partial charge in [0.15, 0.2) is 0 Å². The third-order valence-electron chi connectivity index (χ3n) is 8.64. The minimum Gasteiger partial charge on any atom is -0.352 e. The second-order valence-electron chi connectivity index (χ2n) is 11.2. The van der Waals surface area contributed by atoms with Crippen molar-refractivity contribution in [2.45, 2.75) is 83.2 Å². The number of rotatable bonds is 6. The molecule has 0 unspecified atom stereocenters. The van der Waals surface area contributed by atoms with Crippen molar-refractivity contribution >= 4 is 17.5 Å². The third kappa shape index (κ3) is 4.23. The van der Waals surface area contributed by atoms with Crippen LogP contribution in [0.15, 0.2) is 24.3 Å². The summed E-state index contributed by atoms with van der Waals surface area (Å²) in [7, 11) is 0. The molecule has 2 aromatic rings. The zero-order chi connectivity index (χ0) is 23.1. The van der Waals surface area contributed by atoms with Gasteiger partial charge in [0.25, 0.3) is 0 Å². The van der Waals surface area contributed by atoms with Crippen LogP contribution >= 0.6 is 0 Å². The number of benzene rings is 1. The third-order valence-corrected chi connectivity index (χ3v) is 8.64. The topological polar surface area (TPSA) is 102 Å². The van der Waals surface area contributed by atoms with Crippen LogP contribution in [0, 0.1) is 23.2 Å². The van der Waals surface area contributed by atoms with E-state index >= 15 is 0 Å². The SMILES string of the molecule is O=C(Cn1nnc(-c2ccccc2NC(=O)C23CC4CC(CC(C4)C2)C3)n1)NC1CCCCC1. The molecule has 1 heterocycles. The summed E-state index contributed by atoms with van der Waals surface area (Å²) in [5.74, 6) is 2.64. The number of hydrogen-bond acceptors (Lipinski definition) is 5. The summed E-state index contributed by atoms with van der Waals surface area (Å²) in [4.78, 5) is 27.3. The van der Waals surface area contributed by atoms with Crippen molar-refractivity contribution in [3.63, 3.8) is 0 Å². The van der Waals surface area contributed by atoms with Crippen molar-refractivity contribution in [1.82, 2.24) is 25.5 Å². The molecule has 4 bridgehead atoms. The molecule has 0 aliphatic heterocycles. The minimum absolute atomic E-state index is 0.0469. The second-order valence-corrected chi connectivity index (χ2v) is 11.2. The maximum atomic E-state index is 13.6. The van der Waals surface area contributed by atoms with Gasteiger partial charge in [-0.25, -0.2) is 0 Å². The summed E-state index contributed by atoms with van der Waals surface area (Å²) >= 11 is 0. The zero-order valence-corrected chi connectivity index (χ0v) is 19.7. The Morgan fingerprint density at radius 3 is 2.35 bits per heavy atom. The van der Waals surface area contributed by atoms with Crippen LogP contribution in [-0.4, -0.2) is 38.1 Å². The van der Waals surface area contributed by atoms with Crippen LogP contribution in [0.1, 0.15) is 70.6 Å². The molecule has 8 heteroatoms. The van der Waals surface area contributed by atoms with Gasteiger partial charge >= 0.3 is 0 Å². The number of carbonyl (C=O) groups is 2. The summed E-state index contributed by atoms with van der Waals surface area (Å²) in [5.41, 5.74) is 1.23. The number of aromatic nitrogens is 4. The highest BCUT2D eigenvalue weighted by atomic mass is 16.2.